The van der Waals surface area contributed by atoms with Gasteiger partial charge in [0.1, 0.15) is 5.69 Å². The summed E-state index contributed by atoms with van der Waals surface area (Å²) < 4.78 is 10.5. The highest BCUT2D eigenvalue weighted by atomic mass is 16.8. The van der Waals surface area contributed by atoms with Crippen LogP contribution in [0.5, 0.6) is 0 Å². The fourth-order valence-corrected chi connectivity index (χ4v) is 2.19. The van der Waals surface area contributed by atoms with Crippen LogP contribution in [0.15, 0.2) is 28.8 Å². The summed E-state index contributed by atoms with van der Waals surface area (Å²) in [6.45, 7) is 0.675. The van der Waals surface area contributed by atoms with Crippen molar-refractivity contribution in [2.45, 2.75) is 32.0 Å². The van der Waals surface area contributed by atoms with E-state index in [9.17, 15) is 4.79 Å². The predicted octanol–water partition coefficient (Wildman–Crippen LogP) is 1.94. The molecular weight excluding hydrogens is 260 g/mol. The number of rotatable bonds is 4. The Morgan fingerprint density at radius 2 is 2.30 bits per heavy atom. The molecule has 0 aliphatic carbocycles. The molecule has 0 saturated carbocycles. The van der Waals surface area contributed by atoms with Crippen LogP contribution in [0.25, 0.3) is 11.0 Å². The highest BCUT2D eigenvalue weighted by molar-refractivity contribution is 5.85. The SMILES string of the molecule is O=C(Cc1noc2ccccc12)NOC1CCCCO1. The number of carbonyl (C=O) groups excluding carboxylic acids is 1. The van der Waals surface area contributed by atoms with Gasteiger partial charge < -0.3 is 9.26 Å². The number of nitrogens with zero attached hydrogens (tertiary/aromatic N) is 1. The second kappa shape index (κ2) is 6.02. The third-order valence-corrected chi connectivity index (χ3v) is 3.22. The molecule has 6 nitrogen and oxygen atoms in total. The van der Waals surface area contributed by atoms with Crippen LogP contribution in [0, 0.1) is 0 Å². The Kier molecular flexibility index (Phi) is 3.94. The first-order valence-corrected chi connectivity index (χ1v) is 6.72. The molecule has 1 aromatic carbocycles. The molecule has 1 amide bonds. The molecule has 1 fully saturated rings. The number of amides is 1. The van der Waals surface area contributed by atoms with E-state index in [0.29, 0.717) is 17.9 Å². The van der Waals surface area contributed by atoms with E-state index < -0.39 is 0 Å². The van der Waals surface area contributed by atoms with Crippen LogP contribution in [0.1, 0.15) is 25.0 Å². The van der Waals surface area contributed by atoms with E-state index >= 15 is 0 Å². The maximum Gasteiger partial charge on any atom is 0.249 e. The predicted molar refractivity (Wildman–Crippen MR) is 70.5 cm³/mol. The zero-order valence-electron chi connectivity index (χ0n) is 11.0. The van der Waals surface area contributed by atoms with Crippen LogP contribution in [0.4, 0.5) is 0 Å². The molecule has 1 saturated heterocycles. The van der Waals surface area contributed by atoms with Gasteiger partial charge in [0, 0.05) is 18.4 Å². The molecule has 1 aliphatic heterocycles. The number of hydroxylamine groups is 1. The third kappa shape index (κ3) is 2.97. The van der Waals surface area contributed by atoms with Gasteiger partial charge in [-0.1, -0.05) is 17.3 Å². The average molecular weight is 276 g/mol. The van der Waals surface area contributed by atoms with E-state index in [1.54, 1.807) is 0 Å². The van der Waals surface area contributed by atoms with Crippen molar-refractivity contribution in [1.29, 1.82) is 0 Å². The van der Waals surface area contributed by atoms with Gasteiger partial charge in [0.2, 0.25) is 5.91 Å². The van der Waals surface area contributed by atoms with E-state index in [1.165, 1.54) is 0 Å². The summed E-state index contributed by atoms with van der Waals surface area (Å²) in [7, 11) is 0. The lowest BCUT2D eigenvalue weighted by molar-refractivity contribution is -0.200. The van der Waals surface area contributed by atoms with Gasteiger partial charge in [0.15, 0.2) is 11.9 Å². The van der Waals surface area contributed by atoms with Gasteiger partial charge in [-0.2, -0.15) is 0 Å². The van der Waals surface area contributed by atoms with E-state index in [-0.39, 0.29) is 18.6 Å². The summed E-state index contributed by atoms with van der Waals surface area (Å²) in [5, 5.41) is 4.75. The third-order valence-electron chi connectivity index (χ3n) is 3.22. The van der Waals surface area contributed by atoms with Crippen LogP contribution in [-0.4, -0.2) is 24.0 Å². The maximum atomic E-state index is 11.8. The van der Waals surface area contributed by atoms with Gasteiger partial charge in [-0.15, -0.1) is 0 Å². The largest absolute Gasteiger partial charge is 0.356 e. The fourth-order valence-electron chi connectivity index (χ4n) is 2.19. The van der Waals surface area contributed by atoms with Gasteiger partial charge in [-0.25, -0.2) is 10.3 Å². The molecule has 0 bridgehead atoms. The molecule has 2 aromatic rings. The number of ether oxygens (including phenoxy) is 1. The van der Waals surface area contributed by atoms with Gasteiger partial charge in [0.25, 0.3) is 0 Å². The van der Waals surface area contributed by atoms with Crippen molar-refractivity contribution in [3.63, 3.8) is 0 Å². The molecule has 1 aliphatic rings. The van der Waals surface area contributed by atoms with Gasteiger partial charge in [0.05, 0.1) is 6.42 Å². The topological polar surface area (TPSA) is 73.6 Å². The number of aromatic nitrogens is 1. The van der Waals surface area contributed by atoms with E-state index in [4.69, 9.17) is 14.1 Å². The molecule has 0 spiro atoms. The number of para-hydroxylation sites is 1. The minimum atomic E-state index is -0.346. The first kappa shape index (κ1) is 13.1. The normalized spacial score (nSPS) is 19.1. The molecule has 6 heteroatoms. The van der Waals surface area contributed by atoms with Gasteiger partial charge in [-0.05, 0) is 25.0 Å². The monoisotopic (exact) mass is 276 g/mol. The van der Waals surface area contributed by atoms with E-state index in [2.05, 4.69) is 10.6 Å². The molecule has 1 aromatic heterocycles. The van der Waals surface area contributed by atoms with Crippen molar-refractivity contribution in [3.05, 3.63) is 30.0 Å². The zero-order chi connectivity index (χ0) is 13.8. The summed E-state index contributed by atoms with van der Waals surface area (Å²) in [6.07, 6.45) is 2.66. The Bertz CT molecular complexity index is 590. The van der Waals surface area contributed by atoms with Crippen LogP contribution in [0.2, 0.25) is 0 Å². The fraction of sp³-hybridized carbons (Fsp3) is 0.429. The molecule has 2 heterocycles. The summed E-state index contributed by atoms with van der Waals surface area (Å²) in [4.78, 5) is 17.0. The first-order valence-electron chi connectivity index (χ1n) is 6.72. The molecule has 1 atom stereocenters. The van der Waals surface area contributed by atoms with Crippen molar-refractivity contribution in [2.75, 3.05) is 6.61 Å². The molecular formula is C14H16N2O4. The summed E-state index contributed by atoms with van der Waals surface area (Å²) in [5.74, 6) is -0.266. The number of carbonyl (C=O) groups is 1. The van der Waals surface area contributed by atoms with Crippen LogP contribution in [0.3, 0.4) is 0 Å². The quantitative estimate of drug-likeness (QED) is 0.864. The minimum absolute atomic E-state index is 0.115. The lowest BCUT2D eigenvalue weighted by Gasteiger charge is -2.21. The highest BCUT2D eigenvalue weighted by Gasteiger charge is 2.17. The van der Waals surface area contributed by atoms with E-state index in [1.807, 2.05) is 24.3 Å². The summed E-state index contributed by atoms with van der Waals surface area (Å²) in [5.41, 5.74) is 3.69. The first-order chi connectivity index (χ1) is 9.83. The van der Waals surface area contributed by atoms with Crippen LogP contribution >= 0.6 is 0 Å². The van der Waals surface area contributed by atoms with Crippen molar-refractivity contribution in [3.8, 4) is 0 Å². The molecule has 1 N–H and O–H groups in total. The average Bonchev–Trinajstić information content (AvgIpc) is 2.90. The van der Waals surface area contributed by atoms with Gasteiger partial charge in [-0.3, -0.25) is 4.79 Å². The second-order valence-corrected chi connectivity index (χ2v) is 4.74. The lowest BCUT2D eigenvalue weighted by Crippen LogP contribution is -2.33. The molecule has 0 radical (unpaired) electrons. The molecule has 106 valence electrons. The van der Waals surface area contributed by atoms with Gasteiger partial charge >= 0.3 is 0 Å². The van der Waals surface area contributed by atoms with Crippen molar-refractivity contribution in [2.24, 2.45) is 0 Å². The van der Waals surface area contributed by atoms with Crippen molar-refractivity contribution in [1.82, 2.24) is 10.6 Å². The Labute approximate surface area is 116 Å². The number of hydrogen-bond donors (Lipinski definition) is 1. The van der Waals surface area contributed by atoms with E-state index in [0.717, 1.165) is 24.6 Å². The summed E-state index contributed by atoms with van der Waals surface area (Å²) >= 11 is 0. The number of benzene rings is 1. The Morgan fingerprint density at radius 3 is 3.15 bits per heavy atom. The van der Waals surface area contributed by atoms with Crippen LogP contribution in [-0.2, 0) is 20.8 Å². The lowest BCUT2D eigenvalue weighted by atomic mass is 10.2. The Hall–Kier alpha value is -1.92. The van der Waals surface area contributed by atoms with Crippen molar-refractivity contribution < 1.29 is 18.9 Å². The van der Waals surface area contributed by atoms with Crippen LogP contribution < -0.4 is 5.48 Å². The smallest absolute Gasteiger partial charge is 0.249 e. The summed E-state index contributed by atoms with van der Waals surface area (Å²) in [6, 6.07) is 7.43. The number of nitrogens with one attached hydrogen (secondary N) is 1. The number of fused-ring (bicyclic) bond motifs is 1. The Balaban J connectivity index is 1.55. The number of hydrogen-bond acceptors (Lipinski definition) is 5. The minimum Gasteiger partial charge on any atom is -0.356 e. The standard InChI is InChI=1S/C14H16N2O4/c17-13(16-20-14-7-3-4-8-18-14)9-11-10-5-1-2-6-12(10)19-15-11/h1-2,5-6,14H,3-4,7-9H2,(H,16,17). The molecule has 3 rings (SSSR count). The zero-order valence-corrected chi connectivity index (χ0v) is 11.0. The Morgan fingerprint density at radius 1 is 1.40 bits per heavy atom. The maximum absolute atomic E-state index is 11.8. The second-order valence-electron chi connectivity index (χ2n) is 4.74. The molecule has 1 unspecified atom stereocenters. The molecule has 20 heavy (non-hydrogen) atoms. The highest BCUT2D eigenvalue weighted by Crippen LogP contribution is 2.18. The van der Waals surface area contributed by atoms with Crippen molar-refractivity contribution >= 4 is 16.9 Å².